The van der Waals surface area contributed by atoms with Gasteiger partial charge in [0.25, 0.3) is 5.91 Å². The average Bonchev–Trinajstić information content (AvgIpc) is 3.38. The van der Waals surface area contributed by atoms with Crippen molar-refractivity contribution in [1.29, 1.82) is 0 Å². The number of nitrogens with zero attached hydrogens (tertiary/aromatic N) is 3. The van der Waals surface area contributed by atoms with E-state index >= 15 is 0 Å². The second-order valence-corrected chi connectivity index (χ2v) is 10.3. The summed E-state index contributed by atoms with van der Waals surface area (Å²) in [4.78, 5) is 23.1. The summed E-state index contributed by atoms with van der Waals surface area (Å²) in [7, 11) is -3.45. The van der Waals surface area contributed by atoms with Gasteiger partial charge in [0.1, 0.15) is 5.69 Å². The maximum atomic E-state index is 13.1. The first-order chi connectivity index (χ1) is 13.4. The molecule has 8 heteroatoms. The molecule has 0 spiro atoms. The van der Waals surface area contributed by atoms with E-state index in [0.717, 1.165) is 21.7 Å². The molecule has 3 aromatic rings. The molecule has 2 atom stereocenters. The Morgan fingerprint density at radius 1 is 1.14 bits per heavy atom. The lowest BCUT2D eigenvalue weighted by Crippen LogP contribution is -2.31. The van der Waals surface area contributed by atoms with Gasteiger partial charge >= 0.3 is 0 Å². The second kappa shape index (κ2) is 6.22. The smallest absolute Gasteiger partial charge is 0.273 e. The molecule has 2 aliphatic rings. The van der Waals surface area contributed by atoms with Gasteiger partial charge in [-0.3, -0.25) is 9.78 Å². The minimum Gasteiger partial charge on any atom is -0.335 e. The lowest BCUT2D eigenvalue weighted by atomic mass is 9.95. The number of hydrogen-bond acceptors (Lipinski definition) is 6. The number of carbonyl (C=O) groups is 1. The van der Waals surface area contributed by atoms with Crippen molar-refractivity contribution in [2.75, 3.05) is 13.1 Å². The number of carbonyl (C=O) groups excluding carboxylic acids is 1. The molecule has 5 rings (SSSR count). The van der Waals surface area contributed by atoms with Crippen LogP contribution in [-0.2, 0) is 9.84 Å². The van der Waals surface area contributed by atoms with E-state index in [1.165, 1.54) is 11.3 Å². The van der Waals surface area contributed by atoms with Gasteiger partial charge in [-0.25, -0.2) is 13.4 Å². The fraction of sp³-hybridized carbons (Fsp3) is 0.250. The maximum Gasteiger partial charge on any atom is 0.273 e. The standard InChI is InChI=1S/C20H17N3O3S2/c1-12-22-17(11-27-12)20(24)23-9-16-15-8-14(13-4-6-21-7-5-13)2-3-18(15)28(25,26)19(16)10-23/h2-8,11,16,19H,9-10H2,1H3/t16-,19-/m1/s1. The Hall–Kier alpha value is -2.58. The largest absolute Gasteiger partial charge is 0.335 e. The van der Waals surface area contributed by atoms with Crippen LogP contribution in [0, 0.1) is 6.92 Å². The second-order valence-electron chi connectivity index (χ2n) is 7.14. The van der Waals surface area contributed by atoms with Crippen LogP contribution in [0.1, 0.15) is 27.0 Å². The number of sulfone groups is 1. The number of benzene rings is 1. The summed E-state index contributed by atoms with van der Waals surface area (Å²) in [6, 6.07) is 9.30. The van der Waals surface area contributed by atoms with Crippen molar-refractivity contribution in [2.45, 2.75) is 23.0 Å². The summed E-state index contributed by atoms with van der Waals surface area (Å²) in [6.45, 7) is 2.45. The predicted molar refractivity (Wildman–Crippen MR) is 106 cm³/mol. The van der Waals surface area contributed by atoms with Crippen molar-refractivity contribution in [3.63, 3.8) is 0 Å². The highest BCUT2D eigenvalue weighted by Crippen LogP contribution is 2.46. The molecule has 0 aliphatic carbocycles. The molecule has 2 aromatic heterocycles. The number of rotatable bonds is 2. The van der Waals surface area contributed by atoms with E-state index in [2.05, 4.69) is 9.97 Å². The third-order valence-electron chi connectivity index (χ3n) is 5.52. The number of aromatic nitrogens is 2. The highest BCUT2D eigenvalue weighted by Gasteiger charge is 2.51. The van der Waals surface area contributed by atoms with Gasteiger partial charge in [0, 0.05) is 36.8 Å². The zero-order valence-corrected chi connectivity index (χ0v) is 16.7. The highest BCUT2D eigenvalue weighted by molar-refractivity contribution is 7.92. The first-order valence-corrected chi connectivity index (χ1v) is 11.4. The number of hydrogen-bond donors (Lipinski definition) is 0. The van der Waals surface area contributed by atoms with Crippen molar-refractivity contribution in [2.24, 2.45) is 0 Å². The van der Waals surface area contributed by atoms with E-state index in [1.807, 2.05) is 31.2 Å². The minimum absolute atomic E-state index is 0.194. The Morgan fingerprint density at radius 3 is 2.64 bits per heavy atom. The third-order valence-corrected chi connectivity index (χ3v) is 8.55. The van der Waals surface area contributed by atoms with Crippen LogP contribution < -0.4 is 0 Å². The number of likely N-dealkylation sites (tertiary alicyclic amines) is 1. The Balaban J connectivity index is 1.52. The van der Waals surface area contributed by atoms with E-state index in [0.29, 0.717) is 17.1 Å². The Labute approximate surface area is 166 Å². The Kier molecular flexibility index (Phi) is 3.89. The first-order valence-electron chi connectivity index (χ1n) is 8.95. The number of amides is 1. The molecule has 6 nitrogen and oxygen atoms in total. The van der Waals surface area contributed by atoms with Gasteiger partial charge in [0.05, 0.1) is 15.2 Å². The lowest BCUT2D eigenvalue weighted by molar-refractivity contribution is 0.0785. The third kappa shape index (κ3) is 2.59. The molecule has 0 saturated carbocycles. The molecule has 0 bridgehead atoms. The van der Waals surface area contributed by atoms with Crippen molar-refractivity contribution in [3.05, 3.63) is 64.4 Å². The average molecular weight is 412 g/mol. The Bertz CT molecular complexity index is 1190. The van der Waals surface area contributed by atoms with E-state index in [1.54, 1.807) is 28.7 Å². The molecule has 4 heterocycles. The summed E-state index contributed by atoms with van der Waals surface area (Å²) < 4.78 is 26.1. The number of fused-ring (bicyclic) bond motifs is 3. The van der Waals surface area contributed by atoms with Gasteiger partial charge in [0.2, 0.25) is 0 Å². The van der Waals surface area contributed by atoms with Gasteiger partial charge in [-0.1, -0.05) is 6.07 Å². The molecular formula is C20H17N3O3S2. The summed E-state index contributed by atoms with van der Waals surface area (Å²) in [5.74, 6) is -0.397. The van der Waals surface area contributed by atoms with Gasteiger partial charge < -0.3 is 4.90 Å². The Morgan fingerprint density at radius 2 is 1.93 bits per heavy atom. The number of aryl methyl sites for hydroxylation is 1. The van der Waals surface area contributed by atoms with Crippen LogP contribution in [0.2, 0.25) is 0 Å². The van der Waals surface area contributed by atoms with Crippen LogP contribution >= 0.6 is 11.3 Å². The van der Waals surface area contributed by atoms with Crippen LogP contribution in [-0.4, -0.2) is 47.5 Å². The van der Waals surface area contributed by atoms with Crippen LogP contribution in [0.15, 0.2) is 53.0 Å². The van der Waals surface area contributed by atoms with E-state index in [4.69, 9.17) is 0 Å². The van der Waals surface area contributed by atoms with E-state index < -0.39 is 15.1 Å². The molecule has 142 valence electrons. The van der Waals surface area contributed by atoms with Gasteiger partial charge in [-0.2, -0.15) is 0 Å². The quantitative estimate of drug-likeness (QED) is 0.648. The van der Waals surface area contributed by atoms with Gasteiger partial charge in [-0.05, 0) is 47.9 Å². The molecule has 1 aromatic carbocycles. The maximum absolute atomic E-state index is 13.1. The zero-order chi connectivity index (χ0) is 19.5. The SMILES string of the molecule is Cc1nc(C(=O)N2C[C@@H]3c4cc(-c5ccncc5)ccc4S(=O)(=O)[C@@H]3C2)cs1. The normalized spacial score (nSPS) is 22.1. The fourth-order valence-electron chi connectivity index (χ4n) is 4.16. The molecule has 0 unspecified atom stereocenters. The summed E-state index contributed by atoms with van der Waals surface area (Å²) >= 11 is 1.42. The van der Waals surface area contributed by atoms with Crippen LogP contribution in [0.3, 0.4) is 0 Å². The summed E-state index contributed by atoms with van der Waals surface area (Å²) in [5.41, 5.74) is 3.15. The minimum atomic E-state index is -3.45. The molecule has 0 N–H and O–H groups in total. The van der Waals surface area contributed by atoms with Crippen molar-refractivity contribution in [3.8, 4) is 11.1 Å². The van der Waals surface area contributed by atoms with Crippen LogP contribution in [0.25, 0.3) is 11.1 Å². The van der Waals surface area contributed by atoms with Crippen molar-refractivity contribution < 1.29 is 13.2 Å². The molecule has 28 heavy (non-hydrogen) atoms. The highest BCUT2D eigenvalue weighted by atomic mass is 32.2. The summed E-state index contributed by atoms with van der Waals surface area (Å²) in [6.07, 6.45) is 3.43. The number of pyridine rings is 1. The molecule has 1 saturated heterocycles. The van der Waals surface area contributed by atoms with E-state index in [-0.39, 0.29) is 18.4 Å². The first kappa shape index (κ1) is 17.5. The monoisotopic (exact) mass is 411 g/mol. The topological polar surface area (TPSA) is 80.2 Å². The van der Waals surface area contributed by atoms with Gasteiger partial charge in [-0.15, -0.1) is 11.3 Å². The van der Waals surface area contributed by atoms with Gasteiger partial charge in [0.15, 0.2) is 9.84 Å². The number of thiazole rings is 1. The molecule has 0 radical (unpaired) electrons. The molecule has 1 fully saturated rings. The predicted octanol–water partition coefficient (Wildman–Crippen LogP) is 2.91. The summed E-state index contributed by atoms with van der Waals surface area (Å²) in [5, 5.41) is 1.97. The molecule has 2 aliphatic heterocycles. The fourth-order valence-corrected chi connectivity index (χ4v) is 6.91. The van der Waals surface area contributed by atoms with Crippen LogP contribution in [0.5, 0.6) is 0 Å². The zero-order valence-electron chi connectivity index (χ0n) is 15.1. The van der Waals surface area contributed by atoms with Crippen molar-refractivity contribution in [1.82, 2.24) is 14.9 Å². The molecule has 1 amide bonds. The molecular weight excluding hydrogens is 394 g/mol. The van der Waals surface area contributed by atoms with E-state index in [9.17, 15) is 13.2 Å². The van der Waals surface area contributed by atoms with Crippen LogP contribution in [0.4, 0.5) is 0 Å². The lowest BCUT2D eigenvalue weighted by Gasteiger charge is -2.17. The van der Waals surface area contributed by atoms with Crippen molar-refractivity contribution >= 4 is 27.1 Å².